The van der Waals surface area contributed by atoms with E-state index in [4.69, 9.17) is 19.9 Å². The zero-order valence-corrected chi connectivity index (χ0v) is 11.3. The molecule has 0 aliphatic carbocycles. The van der Waals surface area contributed by atoms with Crippen molar-refractivity contribution in [3.63, 3.8) is 0 Å². The summed E-state index contributed by atoms with van der Waals surface area (Å²) in [4.78, 5) is 11.3. The van der Waals surface area contributed by atoms with E-state index in [2.05, 4.69) is 0 Å². The van der Waals surface area contributed by atoms with Crippen molar-refractivity contribution in [1.29, 1.82) is 0 Å². The Hall–Kier alpha value is -1.79. The monoisotopic (exact) mass is 269 g/mol. The Morgan fingerprint density at radius 2 is 2.00 bits per heavy atom. The van der Waals surface area contributed by atoms with Crippen LogP contribution in [-0.2, 0) is 16.1 Å². The Bertz CT molecular complexity index is 447. The second kappa shape index (κ2) is 6.96. The SMILES string of the molecule is COCc1ccc(OC)c(C(CN)C(=O)O)c1OC. The van der Waals surface area contributed by atoms with Gasteiger partial charge < -0.3 is 25.1 Å². The van der Waals surface area contributed by atoms with Gasteiger partial charge in [-0.15, -0.1) is 0 Å². The summed E-state index contributed by atoms with van der Waals surface area (Å²) in [6.45, 7) is 0.273. The normalized spacial score (nSPS) is 12.0. The number of aliphatic carboxylic acids is 1. The van der Waals surface area contributed by atoms with Gasteiger partial charge in [0.1, 0.15) is 17.4 Å². The van der Waals surface area contributed by atoms with E-state index in [1.165, 1.54) is 14.2 Å². The molecule has 0 radical (unpaired) electrons. The smallest absolute Gasteiger partial charge is 0.312 e. The fraction of sp³-hybridized carbons (Fsp3) is 0.462. The largest absolute Gasteiger partial charge is 0.496 e. The zero-order valence-electron chi connectivity index (χ0n) is 11.3. The summed E-state index contributed by atoms with van der Waals surface area (Å²) in [6.07, 6.45) is 0. The molecule has 1 aromatic rings. The van der Waals surface area contributed by atoms with Crippen LogP contribution in [0, 0.1) is 0 Å². The molecule has 0 aliphatic rings. The summed E-state index contributed by atoms with van der Waals surface area (Å²) in [5.74, 6) is -1.02. The summed E-state index contributed by atoms with van der Waals surface area (Å²) >= 11 is 0. The lowest BCUT2D eigenvalue weighted by Crippen LogP contribution is -2.22. The summed E-state index contributed by atoms with van der Waals surface area (Å²) < 4.78 is 15.6. The van der Waals surface area contributed by atoms with Gasteiger partial charge in [0.25, 0.3) is 0 Å². The molecule has 1 atom stereocenters. The molecule has 0 heterocycles. The lowest BCUT2D eigenvalue weighted by Gasteiger charge is -2.20. The topological polar surface area (TPSA) is 91.0 Å². The van der Waals surface area contributed by atoms with Gasteiger partial charge in [0, 0.05) is 19.2 Å². The number of nitrogens with two attached hydrogens (primary N) is 1. The van der Waals surface area contributed by atoms with Gasteiger partial charge in [-0.3, -0.25) is 4.79 Å². The Balaban J connectivity index is 3.45. The van der Waals surface area contributed by atoms with Crippen LogP contribution in [0.3, 0.4) is 0 Å². The molecule has 0 aliphatic heterocycles. The maximum absolute atomic E-state index is 11.3. The molecule has 3 N–H and O–H groups in total. The number of carboxylic acid groups (broad SMARTS) is 1. The van der Waals surface area contributed by atoms with Crippen LogP contribution in [0.15, 0.2) is 12.1 Å². The van der Waals surface area contributed by atoms with Crippen molar-refractivity contribution in [2.75, 3.05) is 27.9 Å². The Kier molecular flexibility index (Phi) is 5.59. The lowest BCUT2D eigenvalue weighted by atomic mass is 9.94. The van der Waals surface area contributed by atoms with Gasteiger partial charge >= 0.3 is 5.97 Å². The third kappa shape index (κ3) is 3.15. The molecule has 0 spiro atoms. The predicted molar refractivity (Wildman–Crippen MR) is 69.7 cm³/mol. The third-order valence-corrected chi connectivity index (χ3v) is 2.84. The molecule has 6 heteroatoms. The highest BCUT2D eigenvalue weighted by Gasteiger charge is 2.27. The van der Waals surface area contributed by atoms with Crippen molar-refractivity contribution in [1.82, 2.24) is 0 Å². The summed E-state index contributed by atoms with van der Waals surface area (Å²) in [6, 6.07) is 3.47. The number of ether oxygens (including phenoxy) is 3. The van der Waals surface area contributed by atoms with Crippen molar-refractivity contribution in [3.05, 3.63) is 23.3 Å². The molecule has 1 rings (SSSR count). The molecular formula is C13H19NO5. The summed E-state index contributed by atoms with van der Waals surface area (Å²) in [5.41, 5.74) is 6.74. The lowest BCUT2D eigenvalue weighted by molar-refractivity contribution is -0.138. The van der Waals surface area contributed by atoms with Crippen LogP contribution in [0.5, 0.6) is 11.5 Å². The van der Waals surface area contributed by atoms with Crippen LogP contribution in [0.2, 0.25) is 0 Å². The molecule has 0 saturated carbocycles. The Morgan fingerprint density at radius 3 is 2.42 bits per heavy atom. The molecule has 19 heavy (non-hydrogen) atoms. The minimum atomic E-state index is -1.02. The van der Waals surface area contributed by atoms with Crippen molar-refractivity contribution in [2.45, 2.75) is 12.5 Å². The van der Waals surface area contributed by atoms with Gasteiger partial charge in [-0.1, -0.05) is 0 Å². The molecule has 0 saturated heterocycles. The van der Waals surface area contributed by atoms with Crippen LogP contribution in [0.25, 0.3) is 0 Å². The molecule has 1 unspecified atom stereocenters. The van der Waals surface area contributed by atoms with Crippen LogP contribution >= 0.6 is 0 Å². The standard InChI is InChI=1S/C13H19NO5/c1-17-7-8-4-5-10(18-2)11(12(8)19-3)9(6-14)13(15)16/h4-5,9H,6-7,14H2,1-3H3,(H,15,16). The molecule has 106 valence electrons. The van der Waals surface area contributed by atoms with E-state index in [1.54, 1.807) is 19.2 Å². The van der Waals surface area contributed by atoms with Gasteiger partial charge in [0.05, 0.1) is 26.4 Å². The van der Waals surface area contributed by atoms with E-state index in [-0.39, 0.29) is 6.54 Å². The number of rotatable bonds is 7. The first-order valence-electron chi connectivity index (χ1n) is 5.76. The molecule has 0 bridgehead atoms. The van der Waals surface area contributed by atoms with Crippen molar-refractivity contribution < 1.29 is 24.1 Å². The quantitative estimate of drug-likeness (QED) is 0.766. The van der Waals surface area contributed by atoms with E-state index < -0.39 is 11.9 Å². The second-order valence-corrected chi connectivity index (χ2v) is 3.93. The maximum atomic E-state index is 11.3. The molecular weight excluding hydrogens is 250 g/mol. The second-order valence-electron chi connectivity index (χ2n) is 3.93. The van der Waals surface area contributed by atoms with Crippen LogP contribution in [0.1, 0.15) is 17.0 Å². The summed E-state index contributed by atoms with van der Waals surface area (Å²) in [7, 11) is 4.51. The first-order chi connectivity index (χ1) is 9.10. The first-order valence-corrected chi connectivity index (χ1v) is 5.76. The predicted octanol–water partition coefficient (Wildman–Crippen LogP) is 0.977. The average molecular weight is 269 g/mol. The van der Waals surface area contributed by atoms with Crippen molar-refractivity contribution in [3.8, 4) is 11.5 Å². The molecule has 1 aromatic carbocycles. The minimum absolute atomic E-state index is 0.0432. The third-order valence-electron chi connectivity index (χ3n) is 2.84. The fourth-order valence-corrected chi connectivity index (χ4v) is 1.99. The average Bonchev–Trinajstić information content (AvgIpc) is 2.40. The highest BCUT2D eigenvalue weighted by atomic mass is 16.5. The number of benzene rings is 1. The maximum Gasteiger partial charge on any atom is 0.312 e. The Morgan fingerprint density at radius 1 is 1.32 bits per heavy atom. The fourth-order valence-electron chi connectivity index (χ4n) is 1.99. The molecule has 0 amide bonds. The van der Waals surface area contributed by atoms with Gasteiger partial charge in [-0.25, -0.2) is 0 Å². The van der Waals surface area contributed by atoms with Crippen molar-refractivity contribution in [2.24, 2.45) is 5.73 Å². The van der Waals surface area contributed by atoms with Crippen LogP contribution in [-0.4, -0.2) is 38.9 Å². The number of carbonyl (C=O) groups is 1. The summed E-state index contributed by atoms with van der Waals surface area (Å²) in [5, 5.41) is 9.27. The van der Waals surface area contributed by atoms with E-state index in [9.17, 15) is 9.90 Å². The number of hydrogen-bond donors (Lipinski definition) is 2. The van der Waals surface area contributed by atoms with Gasteiger partial charge in [0.2, 0.25) is 0 Å². The zero-order chi connectivity index (χ0) is 14.4. The van der Waals surface area contributed by atoms with Crippen LogP contribution in [0.4, 0.5) is 0 Å². The molecule has 0 fully saturated rings. The first kappa shape index (κ1) is 15.3. The highest BCUT2D eigenvalue weighted by molar-refractivity contribution is 5.79. The number of methoxy groups -OCH3 is 3. The minimum Gasteiger partial charge on any atom is -0.496 e. The highest BCUT2D eigenvalue weighted by Crippen LogP contribution is 2.38. The molecule has 0 aromatic heterocycles. The van der Waals surface area contributed by atoms with E-state index in [0.717, 1.165) is 5.56 Å². The number of hydrogen-bond acceptors (Lipinski definition) is 5. The van der Waals surface area contributed by atoms with E-state index >= 15 is 0 Å². The van der Waals surface area contributed by atoms with E-state index in [1.807, 2.05) is 0 Å². The van der Waals surface area contributed by atoms with E-state index in [0.29, 0.717) is 23.7 Å². The number of carboxylic acids is 1. The van der Waals surface area contributed by atoms with Gasteiger partial charge in [0.15, 0.2) is 0 Å². The molecule has 6 nitrogen and oxygen atoms in total. The van der Waals surface area contributed by atoms with Gasteiger partial charge in [-0.2, -0.15) is 0 Å². The Labute approximate surface area is 112 Å². The van der Waals surface area contributed by atoms with Crippen LogP contribution < -0.4 is 15.2 Å². The van der Waals surface area contributed by atoms with Gasteiger partial charge in [-0.05, 0) is 12.1 Å². The van der Waals surface area contributed by atoms with Crippen molar-refractivity contribution >= 4 is 5.97 Å².